The molecule has 2 rings (SSSR count). The molecule has 0 saturated heterocycles. The number of nitrogens with zero attached hydrogens (tertiary/aromatic N) is 1. The lowest BCUT2D eigenvalue weighted by Crippen LogP contribution is -2.23. The summed E-state index contributed by atoms with van der Waals surface area (Å²) in [5, 5.41) is 3.30. The van der Waals surface area contributed by atoms with Crippen LogP contribution in [0.25, 0.3) is 0 Å². The molecule has 0 unspecified atom stereocenters. The molecule has 1 fully saturated rings. The Balaban J connectivity index is 1.84. The molecule has 0 radical (unpaired) electrons. The highest BCUT2D eigenvalue weighted by atomic mass is 79.9. The summed E-state index contributed by atoms with van der Waals surface area (Å²) in [5.41, 5.74) is 0.800. The van der Waals surface area contributed by atoms with Gasteiger partial charge in [0.1, 0.15) is 5.82 Å². The van der Waals surface area contributed by atoms with Crippen molar-refractivity contribution in [1.29, 1.82) is 0 Å². The van der Waals surface area contributed by atoms with Crippen molar-refractivity contribution in [2.45, 2.75) is 32.2 Å². The molecule has 0 amide bonds. The highest BCUT2D eigenvalue weighted by Crippen LogP contribution is 2.19. The van der Waals surface area contributed by atoms with Gasteiger partial charge in [0.2, 0.25) is 10.0 Å². The Bertz CT molecular complexity index is 544. The molecule has 1 aliphatic rings. The van der Waals surface area contributed by atoms with Crippen LogP contribution in [0.2, 0.25) is 0 Å². The van der Waals surface area contributed by atoms with Gasteiger partial charge in [-0.05, 0) is 60.3 Å². The number of halogens is 1. The first kappa shape index (κ1) is 14.7. The Kier molecular flexibility index (Phi) is 4.81. The average Bonchev–Trinajstić information content (AvgIpc) is 3.12. The van der Waals surface area contributed by atoms with E-state index in [0.717, 1.165) is 16.6 Å². The molecule has 0 aromatic carbocycles. The molecule has 1 aromatic heterocycles. The van der Waals surface area contributed by atoms with E-state index in [4.69, 9.17) is 0 Å². The summed E-state index contributed by atoms with van der Waals surface area (Å²) in [4.78, 5) is 4.08. The predicted octanol–water partition coefficient (Wildman–Crippen LogP) is 2.04. The number of nitrogens with one attached hydrogen (secondary N) is 2. The van der Waals surface area contributed by atoms with Crippen LogP contribution in [-0.2, 0) is 10.0 Å². The fourth-order valence-electron chi connectivity index (χ4n) is 1.70. The van der Waals surface area contributed by atoms with E-state index in [1.807, 2.05) is 13.0 Å². The maximum atomic E-state index is 11.9. The Labute approximate surface area is 122 Å². The summed E-state index contributed by atoms with van der Waals surface area (Å²) in [6.07, 6.45) is 4.63. The molecule has 0 aliphatic heterocycles. The van der Waals surface area contributed by atoms with Crippen molar-refractivity contribution >= 4 is 31.8 Å². The van der Waals surface area contributed by atoms with Crippen LogP contribution in [0, 0.1) is 6.92 Å². The van der Waals surface area contributed by atoms with Crippen molar-refractivity contribution in [3.8, 4) is 0 Å². The van der Waals surface area contributed by atoms with Gasteiger partial charge in [-0.3, -0.25) is 4.72 Å². The van der Waals surface area contributed by atoms with Crippen molar-refractivity contribution in [3.05, 3.63) is 22.3 Å². The monoisotopic (exact) mass is 347 g/mol. The molecule has 5 nitrogen and oxygen atoms in total. The maximum Gasteiger partial charge on any atom is 0.233 e. The second-order valence-electron chi connectivity index (χ2n) is 4.82. The number of aryl methyl sites for hydroxylation is 1. The Morgan fingerprint density at radius 3 is 2.84 bits per heavy atom. The van der Waals surface area contributed by atoms with Crippen LogP contribution in [0.15, 0.2) is 16.7 Å². The Morgan fingerprint density at radius 1 is 1.47 bits per heavy atom. The van der Waals surface area contributed by atoms with Gasteiger partial charge in [0.25, 0.3) is 0 Å². The normalized spacial score (nSPS) is 15.5. The lowest BCUT2D eigenvalue weighted by Gasteiger charge is -2.10. The first-order valence-electron chi connectivity index (χ1n) is 6.32. The molecule has 2 N–H and O–H groups in total. The molecule has 1 aromatic rings. The third kappa shape index (κ3) is 5.08. The summed E-state index contributed by atoms with van der Waals surface area (Å²) >= 11 is 3.30. The van der Waals surface area contributed by atoms with E-state index in [2.05, 4.69) is 31.0 Å². The van der Waals surface area contributed by atoms with Gasteiger partial charge in [-0.2, -0.15) is 0 Å². The van der Waals surface area contributed by atoms with Gasteiger partial charge in [-0.25, -0.2) is 13.4 Å². The Morgan fingerprint density at radius 2 is 2.21 bits per heavy atom. The van der Waals surface area contributed by atoms with E-state index < -0.39 is 10.0 Å². The predicted molar refractivity (Wildman–Crippen MR) is 79.7 cm³/mol. The summed E-state index contributed by atoms with van der Waals surface area (Å²) in [6, 6.07) is 2.45. The number of aromatic nitrogens is 1. The molecule has 0 spiro atoms. The second-order valence-corrected chi connectivity index (χ2v) is 7.58. The van der Waals surface area contributed by atoms with E-state index in [0.29, 0.717) is 18.3 Å². The Hall–Kier alpha value is -0.660. The fourth-order valence-corrected chi connectivity index (χ4v) is 3.28. The fraction of sp³-hybridized carbons (Fsp3) is 0.583. The van der Waals surface area contributed by atoms with Crippen LogP contribution in [0.4, 0.5) is 5.82 Å². The van der Waals surface area contributed by atoms with Gasteiger partial charge >= 0.3 is 0 Å². The second kappa shape index (κ2) is 6.19. The number of hydrogen-bond donors (Lipinski definition) is 2. The minimum atomic E-state index is -3.32. The van der Waals surface area contributed by atoms with Gasteiger partial charge in [0.05, 0.1) is 5.75 Å². The van der Waals surface area contributed by atoms with Gasteiger partial charge in [-0.1, -0.05) is 0 Å². The van der Waals surface area contributed by atoms with E-state index in [-0.39, 0.29) is 5.75 Å². The lowest BCUT2D eigenvalue weighted by molar-refractivity contribution is 0.593. The van der Waals surface area contributed by atoms with Gasteiger partial charge in [0, 0.05) is 16.7 Å². The lowest BCUT2D eigenvalue weighted by atomic mass is 10.3. The summed E-state index contributed by atoms with van der Waals surface area (Å²) < 4.78 is 27.2. The minimum Gasteiger partial charge on any atom is -0.314 e. The molecule has 1 heterocycles. The SMILES string of the molecule is Cc1cc(Br)cnc1NS(=O)(=O)CCCNC1CC1. The number of anilines is 1. The number of pyridine rings is 1. The van der Waals surface area contributed by atoms with Gasteiger partial charge in [-0.15, -0.1) is 0 Å². The van der Waals surface area contributed by atoms with Crippen LogP contribution in [0.3, 0.4) is 0 Å². The molecule has 1 aliphatic carbocycles. The zero-order valence-corrected chi connectivity index (χ0v) is 13.2. The topological polar surface area (TPSA) is 71.1 Å². The van der Waals surface area contributed by atoms with Crippen molar-refractivity contribution in [2.24, 2.45) is 0 Å². The van der Waals surface area contributed by atoms with E-state index in [1.54, 1.807) is 6.20 Å². The third-order valence-electron chi connectivity index (χ3n) is 2.90. The summed E-state index contributed by atoms with van der Waals surface area (Å²) in [6.45, 7) is 2.57. The van der Waals surface area contributed by atoms with Crippen LogP contribution in [-0.4, -0.2) is 31.7 Å². The molecule has 7 heteroatoms. The molecule has 0 bridgehead atoms. The standard InChI is InChI=1S/C12H18BrN3O2S/c1-9-7-10(13)8-15-12(9)16-19(17,18)6-2-5-14-11-3-4-11/h7-8,11,14H,2-6H2,1H3,(H,15,16). The van der Waals surface area contributed by atoms with E-state index >= 15 is 0 Å². The van der Waals surface area contributed by atoms with Crippen molar-refractivity contribution in [3.63, 3.8) is 0 Å². The van der Waals surface area contributed by atoms with Crippen molar-refractivity contribution in [1.82, 2.24) is 10.3 Å². The third-order valence-corrected chi connectivity index (χ3v) is 4.66. The van der Waals surface area contributed by atoms with Crippen LogP contribution in [0.5, 0.6) is 0 Å². The molecule has 106 valence electrons. The highest BCUT2D eigenvalue weighted by molar-refractivity contribution is 9.10. The molecule has 19 heavy (non-hydrogen) atoms. The first-order valence-corrected chi connectivity index (χ1v) is 8.77. The maximum absolute atomic E-state index is 11.9. The van der Waals surface area contributed by atoms with Crippen LogP contribution < -0.4 is 10.0 Å². The molecule has 1 saturated carbocycles. The van der Waals surface area contributed by atoms with Crippen molar-refractivity contribution < 1.29 is 8.42 Å². The van der Waals surface area contributed by atoms with Gasteiger partial charge < -0.3 is 5.32 Å². The van der Waals surface area contributed by atoms with Gasteiger partial charge in [0.15, 0.2) is 0 Å². The summed E-state index contributed by atoms with van der Waals surface area (Å²) in [5.74, 6) is 0.516. The summed E-state index contributed by atoms with van der Waals surface area (Å²) in [7, 11) is -3.32. The molecular formula is C12H18BrN3O2S. The average molecular weight is 348 g/mol. The van der Waals surface area contributed by atoms with E-state index in [1.165, 1.54) is 12.8 Å². The van der Waals surface area contributed by atoms with E-state index in [9.17, 15) is 8.42 Å². The zero-order valence-electron chi connectivity index (χ0n) is 10.8. The molecule has 0 atom stereocenters. The highest BCUT2D eigenvalue weighted by Gasteiger charge is 2.20. The quantitative estimate of drug-likeness (QED) is 0.740. The number of rotatable bonds is 7. The zero-order chi connectivity index (χ0) is 13.9. The minimum absolute atomic E-state index is 0.115. The smallest absolute Gasteiger partial charge is 0.233 e. The van der Waals surface area contributed by atoms with Crippen LogP contribution >= 0.6 is 15.9 Å². The van der Waals surface area contributed by atoms with Crippen molar-refractivity contribution in [2.75, 3.05) is 17.0 Å². The first-order chi connectivity index (χ1) is 8.96. The largest absolute Gasteiger partial charge is 0.314 e. The van der Waals surface area contributed by atoms with Crippen LogP contribution in [0.1, 0.15) is 24.8 Å². The molecular weight excluding hydrogens is 330 g/mol. The number of hydrogen-bond acceptors (Lipinski definition) is 4. The number of sulfonamides is 1.